The molecule has 65 heavy (non-hydrogen) atoms. The van der Waals surface area contributed by atoms with Gasteiger partial charge in [-0.1, -0.05) is 64.6 Å². The number of fused-ring (bicyclic) bond motifs is 6. The molecule has 0 saturated carbocycles. The quantitative estimate of drug-likeness (QED) is 0.162. The molecule has 2 aromatic carbocycles. The van der Waals surface area contributed by atoms with Crippen LogP contribution in [0.4, 0.5) is 0 Å². The fraction of sp³-hybridized carbons (Fsp3) is 0.490. The third kappa shape index (κ3) is 8.82. The summed E-state index contributed by atoms with van der Waals surface area (Å²) in [4.78, 5) is 78.1. The van der Waals surface area contributed by atoms with Crippen molar-refractivity contribution in [3.05, 3.63) is 90.3 Å². The van der Waals surface area contributed by atoms with E-state index in [1.165, 1.54) is 11.1 Å². The number of hydrogen-bond donors (Lipinski definition) is 2. The molecule has 5 atom stereocenters. The predicted octanol–water partition coefficient (Wildman–Crippen LogP) is 5.92. The summed E-state index contributed by atoms with van der Waals surface area (Å²) in [6.07, 6.45) is 5.62. The number of hydrogen-bond acceptors (Lipinski definition) is 9. The summed E-state index contributed by atoms with van der Waals surface area (Å²) in [6, 6.07) is 15.9. The molecule has 6 bridgehead atoms. The second-order valence-electron chi connectivity index (χ2n) is 19.6. The fourth-order valence-electron chi connectivity index (χ4n) is 10.5. The maximum atomic E-state index is 14.7. The maximum absolute atomic E-state index is 14.7. The number of nitrogens with one attached hydrogen (secondary N) is 2. The molecule has 344 valence electrons. The number of benzene rings is 2. The van der Waals surface area contributed by atoms with E-state index >= 15 is 0 Å². The van der Waals surface area contributed by atoms with Crippen molar-refractivity contribution < 1.29 is 33.4 Å². The number of hydrazine groups is 1. The normalized spacial score (nSPS) is 23.4. The van der Waals surface area contributed by atoms with E-state index in [2.05, 4.69) is 79.2 Å². The molecule has 4 amide bonds. The van der Waals surface area contributed by atoms with Gasteiger partial charge in [0.15, 0.2) is 0 Å². The topological polar surface area (TPSA) is 155 Å². The molecule has 0 radical (unpaired) electrons. The molecule has 3 saturated heterocycles. The molecule has 1 spiro atoms. The maximum Gasteiger partial charge on any atom is 0.324 e. The molecular formula is C51H63N7O7. The second kappa shape index (κ2) is 18.2. The van der Waals surface area contributed by atoms with Crippen LogP contribution in [0, 0.1) is 16.7 Å². The smallest absolute Gasteiger partial charge is 0.324 e. The Labute approximate surface area is 381 Å². The third-order valence-corrected chi connectivity index (χ3v) is 14.1. The number of aryl methyl sites for hydroxylation is 1. The molecule has 4 aromatic rings. The fourth-order valence-corrected chi connectivity index (χ4v) is 10.5. The first-order valence-electron chi connectivity index (χ1n) is 23.0. The summed E-state index contributed by atoms with van der Waals surface area (Å²) >= 11 is 0. The second-order valence-corrected chi connectivity index (χ2v) is 19.6. The summed E-state index contributed by atoms with van der Waals surface area (Å²) in [6.45, 7) is 15.2. The van der Waals surface area contributed by atoms with Gasteiger partial charge in [0.25, 0.3) is 5.91 Å². The van der Waals surface area contributed by atoms with Gasteiger partial charge >= 0.3 is 5.97 Å². The Morgan fingerprint density at radius 1 is 1.02 bits per heavy atom. The van der Waals surface area contributed by atoms with Crippen molar-refractivity contribution in [1.29, 1.82) is 0 Å². The number of esters is 1. The Balaban J connectivity index is 1.17. The number of carbonyl (C=O) groups is 5. The molecule has 0 aliphatic carbocycles. The minimum Gasteiger partial charge on any atom is -0.464 e. The summed E-state index contributed by atoms with van der Waals surface area (Å²) < 4.78 is 14.1. The van der Waals surface area contributed by atoms with Gasteiger partial charge in [0, 0.05) is 74.8 Å². The monoisotopic (exact) mass is 885 g/mol. The summed E-state index contributed by atoms with van der Waals surface area (Å²) in [5.74, 6) is -1.89. The van der Waals surface area contributed by atoms with Crippen LogP contribution < -0.4 is 10.7 Å². The van der Waals surface area contributed by atoms with Crippen LogP contribution in [0.2, 0.25) is 0 Å². The van der Waals surface area contributed by atoms with Crippen LogP contribution in [0.5, 0.6) is 0 Å². The number of amides is 4. The number of ether oxygens (including phenoxy) is 2. The van der Waals surface area contributed by atoms with E-state index in [0.717, 1.165) is 50.1 Å². The van der Waals surface area contributed by atoms with Gasteiger partial charge in [0.2, 0.25) is 17.7 Å². The molecular weight excluding hydrogens is 823 g/mol. The number of carbonyl (C=O) groups excluding carboxylic acids is 5. The van der Waals surface area contributed by atoms with Crippen LogP contribution in [0.15, 0.2) is 73.4 Å². The highest BCUT2D eigenvalue weighted by molar-refractivity contribution is 5.97. The van der Waals surface area contributed by atoms with Gasteiger partial charge in [-0.05, 0) is 97.5 Å². The van der Waals surface area contributed by atoms with E-state index in [-0.39, 0.29) is 49.3 Å². The molecule has 2 aromatic heterocycles. The molecule has 2 N–H and O–H groups in total. The van der Waals surface area contributed by atoms with Crippen molar-refractivity contribution in [1.82, 2.24) is 35.1 Å². The van der Waals surface area contributed by atoms with Crippen molar-refractivity contribution in [3.63, 3.8) is 0 Å². The number of likely N-dealkylation sites (tertiary alicyclic amines) is 2. The minimum atomic E-state index is -1.04. The number of cyclic esters (lactones) is 1. The van der Waals surface area contributed by atoms with Crippen LogP contribution in [-0.4, -0.2) is 112 Å². The van der Waals surface area contributed by atoms with Crippen molar-refractivity contribution in [2.45, 2.75) is 97.4 Å². The zero-order valence-electron chi connectivity index (χ0n) is 38.8. The zero-order valence-corrected chi connectivity index (χ0v) is 38.8. The lowest BCUT2D eigenvalue weighted by Crippen LogP contribution is -2.62. The van der Waals surface area contributed by atoms with E-state index in [1.807, 2.05) is 39.0 Å². The zero-order chi connectivity index (χ0) is 46.4. The Bertz CT molecular complexity index is 2530. The Hall–Kier alpha value is -5.86. The molecule has 4 aliphatic heterocycles. The first-order valence-corrected chi connectivity index (χ1v) is 23.0. The van der Waals surface area contributed by atoms with Crippen LogP contribution in [0.25, 0.3) is 33.3 Å². The summed E-state index contributed by atoms with van der Waals surface area (Å²) in [5, 5.41) is 5.61. The van der Waals surface area contributed by atoms with Gasteiger partial charge in [-0.25, -0.2) is 5.43 Å². The average Bonchev–Trinajstić information content (AvgIpc) is 3.96. The molecule has 14 nitrogen and oxygen atoms in total. The number of aromatic nitrogens is 2. The van der Waals surface area contributed by atoms with E-state index in [1.54, 1.807) is 23.1 Å². The van der Waals surface area contributed by atoms with E-state index < -0.39 is 40.8 Å². The molecule has 4 aliphatic rings. The van der Waals surface area contributed by atoms with Gasteiger partial charge in [-0.2, -0.15) is 0 Å². The highest BCUT2D eigenvalue weighted by Gasteiger charge is 2.54. The first-order chi connectivity index (χ1) is 31.0. The summed E-state index contributed by atoms with van der Waals surface area (Å²) in [5.41, 5.74) is 9.63. The SMILES string of the molecule is C=CC(=O)N1CCC2(CCN([C@H](C(=O)N[C@H]3Cc4cccc(c4)-c4ccc5c(c4)c(c(-c4cccnc4[C@H](C)OC)n5C)CC(C)(C)COC(=O)[C@@H]4CCCN(N4)C3=O)C(C)C)C2=O)C1. The molecule has 3 fully saturated rings. The van der Waals surface area contributed by atoms with Crippen molar-refractivity contribution in [2.75, 3.05) is 39.9 Å². The Kier molecular flexibility index (Phi) is 12.8. The van der Waals surface area contributed by atoms with E-state index in [9.17, 15) is 24.0 Å². The molecule has 8 rings (SSSR count). The Morgan fingerprint density at radius 2 is 1.78 bits per heavy atom. The number of methoxy groups -OCH3 is 1. The van der Waals surface area contributed by atoms with Crippen molar-refractivity contribution >= 4 is 40.5 Å². The molecule has 1 unspecified atom stereocenters. The van der Waals surface area contributed by atoms with Gasteiger partial charge in [0.1, 0.15) is 18.1 Å². The number of rotatable bonds is 8. The highest BCUT2D eigenvalue weighted by atomic mass is 16.5. The van der Waals surface area contributed by atoms with E-state index in [4.69, 9.17) is 14.5 Å². The molecule has 14 heteroatoms. The standard InChI is InChI=1S/C51H63N7O7/c1-9-42(59)56-23-19-51(29-56)20-24-57(49(51)63)44(31(2)3)46(60)53-40-26-33-13-10-14-34(25-33)35-17-18-41-37(27-35)38(45(55(41)7)36-15-11-21-52-43(36)32(4)64-8)28-50(5,6)30-65-48(62)39-16-12-22-58(54-39)47(40)61/h9-11,13-15,17-18,21,25,27,31-32,39-40,44,54H,1,12,16,19-20,22-24,26,28-30H2,2-8H3,(H,53,60)/t32-,39-,40-,44-,51?/m0/s1. The first kappa shape index (κ1) is 45.7. The van der Waals surface area contributed by atoms with Gasteiger partial charge in [-0.15, -0.1) is 0 Å². The number of nitrogens with zero attached hydrogens (tertiary/aromatic N) is 5. The number of pyridine rings is 1. The highest BCUT2D eigenvalue weighted by Crippen LogP contribution is 2.43. The van der Waals surface area contributed by atoms with Gasteiger partial charge < -0.3 is 29.2 Å². The van der Waals surface area contributed by atoms with Gasteiger partial charge in [-0.3, -0.25) is 34.0 Å². The largest absolute Gasteiger partial charge is 0.464 e. The lowest BCUT2D eigenvalue weighted by molar-refractivity contribution is -0.155. The van der Waals surface area contributed by atoms with Crippen LogP contribution in [-0.2, 0) is 53.3 Å². The van der Waals surface area contributed by atoms with E-state index in [0.29, 0.717) is 51.7 Å². The summed E-state index contributed by atoms with van der Waals surface area (Å²) in [7, 11) is 3.75. The van der Waals surface area contributed by atoms with Crippen molar-refractivity contribution in [2.24, 2.45) is 23.8 Å². The third-order valence-electron chi connectivity index (χ3n) is 14.1. The lowest BCUT2D eigenvalue weighted by atomic mass is 9.84. The minimum absolute atomic E-state index is 0.137. The Morgan fingerprint density at radius 3 is 2.54 bits per heavy atom. The van der Waals surface area contributed by atoms with Crippen LogP contribution >= 0.6 is 0 Å². The molecule has 6 heterocycles. The van der Waals surface area contributed by atoms with Crippen molar-refractivity contribution in [3.8, 4) is 22.4 Å². The average molecular weight is 886 g/mol. The van der Waals surface area contributed by atoms with Gasteiger partial charge in [0.05, 0.1) is 29.5 Å². The predicted molar refractivity (Wildman–Crippen MR) is 248 cm³/mol. The van der Waals surface area contributed by atoms with Crippen LogP contribution in [0.1, 0.15) is 83.2 Å². The van der Waals surface area contributed by atoms with Crippen LogP contribution in [0.3, 0.4) is 0 Å². The lowest BCUT2D eigenvalue weighted by Gasteiger charge is -2.37.